The molecule has 1 aromatic carbocycles. The zero-order valence-electron chi connectivity index (χ0n) is 15.6. The van der Waals surface area contributed by atoms with E-state index < -0.39 is 0 Å². The molecule has 2 aliphatic rings. The van der Waals surface area contributed by atoms with Gasteiger partial charge in [0.2, 0.25) is 5.91 Å². The van der Waals surface area contributed by atoms with Gasteiger partial charge in [-0.2, -0.15) is 0 Å². The van der Waals surface area contributed by atoms with E-state index in [1.165, 1.54) is 16.6 Å². The molecule has 1 atom stereocenters. The molecule has 0 N–H and O–H groups in total. The van der Waals surface area contributed by atoms with Gasteiger partial charge in [0.15, 0.2) is 0 Å². The van der Waals surface area contributed by atoms with Crippen molar-refractivity contribution in [3.8, 4) is 0 Å². The highest BCUT2D eigenvalue weighted by molar-refractivity contribution is 5.84. The molecule has 26 heavy (non-hydrogen) atoms. The van der Waals surface area contributed by atoms with Crippen LogP contribution < -0.4 is 0 Å². The van der Waals surface area contributed by atoms with Gasteiger partial charge in [0.05, 0.1) is 12.6 Å². The van der Waals surface area contributed by atoms with Crippen molar-refractivity contribution < 1.29 is 9.59 Å². The maximum atomic E-state index is 13.0. The summed E-state index contributed by atoms with van der Waals surface area (Å²) in [5.74, 6) is 0.675. The summed E-state index contributed by atoms with van der Waals surface area (Å²) < 4.78 is 2.34. The van der Waals surface area contributed by atoms with Crippen molar-refractivity contribution in [2.24, 2.45) is 5.92 Å². The Hall–Kier alpha value is -2.14. The molecule has 0 bridgehead atoms. The maximum Gasteiger partial charge on any atom is 0.240 e. The van der Waals surface area contributed by atoms with E-state index >= 15 is 0 Å². The summed E-state index contributed by atoms with van der Waals surface area (Å²) in [6.45, 7) is 7.67. The van der Waals surface area contributed by atoms with Crippen molar-refractivity contribution in [2.45, 2.75) is 45.8 Å². The van der Waals surface area contributed by atoms with E-state index in [9.17, 15) is 9.59 Å². The summed E-state index contributed by atoms with van der Waals surface area (Å²) in [4.78, 5) is 28.8. The number of para-hydroxylation sites is 1. The van der Waals surface area contributed by atoms with Crippen LogP contribution in [0.15, 0.2) is 30.3 Å². The second kappa shape index (κ2) is 6.88. The summed E-state index contributed by atoms with van der Waals surface area (Å²) in [5, 5.41) is 1.25. The molecule has 0 saturated carbocycles. The standard InChI is InChI=1S/C21H27N3O2/c1-15(22-9-7-17(8-10-22)16(2)25)21(26)23-11-12-24-19(14-23)13-18-5-3-4-6-20(18)24/h3-6,13,15,17H,7-12,14H2,1-2H3. The first-order chi connectivity index (χ1) is 12.5. The van der Waals surface area contributed by atoms with Gasteiger partial charge in [-0.1, -0.05) is 18.2 Å². The van der Waals surface area contributed by atoms with E-state index in [2.05, 4.69) is 39.8 Å². The number of Topliss-reactive ketones (excluding diaryl/α,β-unsaturated/α-hetero) is 1. The lowest BCUT2D eigenvalue weighted by atomic mass is 9.92. The normalized spacial score (nSPS) is 20.2. The fourth-order valence-corrected chi connectivity index (χ4v) is 4.46. The van der Waals surface area contributed by atoms with E-state index in [4.69, 9.17) is 0 Å². The Kier molecular flexibility index (Phi) is 4.57. The average Bonchev–Trinajstić information content (AvgIpc) is 3.04. The SMILES string of the molecule is CC(=O)C1CCN(C(C)C(=O)N2CCn3c(cc4ccccc43)C2)CC1. The van der Waals surface area contributed by atoms with Gasteiger partial charge in [-0.25, -0.2) is 0 Å². The van der Waals surface area contributed by atoms with Gasteiger partial charge in [0.1, 0.15) is 5.78 Å². The van der Waals surface area contributed by atoms with E-state index in [-0.39, 0.29) is 23.7 Å². The first kappa shape index (κ1) is 17.3. The molecule has 1 unspecified atom stereocenters. The summed E-state index contributed by atoms with van der Waals surface area (Å²) in [5.41, 5.74) is 2.47. The predicted molar refractivity (Wildman–Crippen MR) is 102 cm³/mol. The van der Waals surface area contributed by atoms with E-state index in [1.54, 1.807) is 6.92 Å². The number of hydrogen-bond acceptors (Lipinski definition) is 3. The molecule has 138 valence electrons. The number of benzene rings is 1. The molecule has 4 rings (SSSR count). The minimum absolute atomic E-state index is 0.112. The Balaban J connectivity index is 1.43. The molecule has 3 heterocycles. The number of hydrogen-bond donors (Lipinski definition) is 0. The number of piperidine rings is 1. The largest absolute Gasteiger partial charge is 0.341 e. The van der Waals surface area contributed by atoms with Gasteiger partial charge < -0.3 is 9.47 Å². The molecule has 1 saturated heterocycles. The number of ketones is 1. The quantitative estimate of drug-likeness (QED) is 0.852. The highest BCUT2D eigenvalue weighted by Gasteiger charge is 2.32. The van der Waals surface area contributed by atoms with Crippen molar-refractivity contribution in [1.82, 2.24) is 14.4 Å². The van der Waals surface area contributed by atoms with Gasteiger partial charge in [-0.3, -0.25) is 14.5 Å². The Morgan fingerprint density at radius 2 is 1.81 bits per heavy atom. The number of likely N-dealkylation sites (tertiary alicyclic amines) is 1. The zero-order valence-corrected chi connectivity index (χ0v) is 15.6. The molecule has 1 amide bonds. The molecule has 1 aromatic heterocycles. The fourth-order valence-electron chi connectivity index (χ4n) is 4.46. The molecule has 0 spiro atoms. The predicted octanol–water partition coefficient (Wildman–Crippen LogP) is 2.67. The number of carbonyl (C=O) groups is 2. The number of amides is 1. The Bertz CT molecular complexity index is 833. The number of carbonyl (C=O) groups excluding carboxylic acids is 2. The first-order valence-corrected chi connectivity index (χ1v) is 9.65. The number of nitrogens with zero attached hydrogens (tertiary/aromatic N) is 3. The lowest BCUT2D eigenvalue weighted by Crippen LogP contribution is -2.51. The molecule has 0 aliphatic carbocycles. The molecular weight excluding hydrogens is 326 g/mol. The van der Waals surface area contributed by atoms with Gasteiger partial charge >= 0.3 is 0 Å². The Labute approximate surface area is 154 Å². The molecule has 5 nitrogen and oxygen atoms in total. The molecule has 2 aromatic rings. The monoisotopic (exact) mass is 353 g/mol. The van der Waals surface area contributed by atoms with Crippen LogP contribution in [0.4, 0.5) is 0 Å². The topological polar surface area (TPSA) is 45.6 Å². The maximum absolute atomic E-state index is 13.0. The van der Waals surface area contributed by atoms with Crippen molar-refractivity contribution >= 4 is 22.6 Å². The Morgan fingerprint density at radius 3 is 2.54 bits per heavy atom. The minimum atomic E-state index is -0.112. The lowest BCUT2D eigenvalue weighted by Gasteiger charge is -2.38. The highest BCUT2D eigenvalue weighted by atomic mass is 16.2. The van der Waals surface area contributed by atoms with Gasteiger partial charge in [-0.05, 0) is 57.3 Å². The smallest absolute Gasteiger partial charge is 0.240 e. The third-order valence-electron chi connectivity index (χ3n) is 6.16. The van der Waals surface area contributed by atoms with E-state index in [1.807, 2.05) is 11.8 Å². The summed E-state index contributed by atoms with van der Waals surface area (Å²) in [7, 11) is 0. The molecule has 0 radical (unpaired) electrons. The second-order valence-electron chi connectivity index (χ2n) is 7.70. The van der Waals surface area contributed by atoms with Crippen LogP contribution >= 0.6 is 0 Å². The molecule has 1 fully saturated rings. The number of fused-ring (bicyclic) bond motifs is 3. The van der Waals surface area contributed by atoms with E-state index in [0.29, 0.717) is 6.54 Å². The van der Waals surface area contributed by atoms with E-state index in [0.717, 1.165) is 39.0 Å². The zero-order chi connectivity index (χ0) is 18.3. The van der Waals surface area contributed by atoms with Gasteiger partial charge in [0, 0.05) is 30.2 Å². The van der Waals surface area contributed by atoms with Gasteiger partial charge in [0.25, 0.3) is 0 Å². The van der Waals surface area contributed by atoms with Gasteiger partial charge in [-0.15, -0.1) is 0 Å². The van der Waals surface area contributed by atoms with Crippen LogP contribution in [0, 0.1) is 5.92 Å². The lowest BCUT2D eigenvalue weighted by molar-refractivity contribution is -0.138. The average molecular weight is 353 g/mol. The van der Waals surface area contributed by atoms with Crippen LogP contribution in [-0.4, -0.2) is 51.7 Å². The first-order valence-electron chi connectivity index (χ1n) is 9.65. The number of aromatic nitrogens is 1. The van der Waals surface area contributed by atoms with Crippen LogP contribution in [0.25, 0.3) is 10.9 Å². The Morgan fingerprint density at radius 1 is 1.08 bits per heavy atom. The van der Waals surface area contributed by atoms with Crippen LogP contribution in [-0.2, 0) is 22.7 Å². The van der Waals surface area contributed by atoms with Crippen LogP contribution in [0.1, 0.15) is 32.4 Å². The summed E-state index contributed by atoms with van der Waals surface area (Å²) in [6.07, 6.45) is 1.75. The van der Waals surface area contributed by atoms with Crippen molar-refractivity contribution in [1.29, 1.82) is 0 Å². The molecular formula is C21H27N3O2. The summed E-state index contributed by atoms with van der Waals surface area (Å²) in [6, 6.07) is 10.5. The molecule has 2 aliphatic heterocycles. The van der Waals surface area contributed by atoms with Crippen LogP contribution in [0.2, 0.25) is 0 Å². The third-order valence-corrected chi connectivity index (χ3v) is 6.16. The number of rotatable bonds is 3. The van der Waals surface area contributed by atoms with Crippen molar-refractivity contribution in [3.63, 3.8) is 0 Å². The molecule has 5 heteroatoms. The van der Waals surface area contributed by atoms with Crippen LogP contribution in [0.5, 0.6) is 0 Å². The van der Waals surface area contributed by atoms with Crippen LogP contribution in [0.3, 0.4) is 0 Å². The minimum Gasteiger partial charge on any atom is -0.341 e. The fraction of sp³-hybridized carbons (Fsp3) is 0.524. The van der Waals surface area contributed by atoms with Crippen molar-refractivity contribution in [2.75, 3.05) is 19.6 Å². The second-order valence-corrected chi connectivity index (χ2v) is 7.70. The van der Waals surface area contributed by atoms with Crippen molar-refractivity contribution in [3.05, 3.63) is 36.0 Å². The highest BCUT2D eigenvalue weighted by Crippen LogP contribution is 2.25. The third kappa shape index (κ3) is 3.05. The summed E-state index contributed by atoms with van der Waals surface area (Å²) >= 11 is 0.